The van der Waals surface area contributed by atoms with Crippen LogP contribution in [0.5, 0.6) is 17.2 Å². The van der Waals surface area contributed by atoms with Crippen LogP contribution in [0.1, 0.15) is 83.1 Å². The van der Waals surface area contributed by atoms with Crippen molar-refractivity contribution in [3.8, 4) is 28.6 Å². The fraction of sp³-hybridized carbons (Fsp3) is 0.525. The summed E-state index contributed by atoms with van der Waals surface area (Å²) in [6.45, 7) is 10.8. The van der Waals surface area contributed by atoms with E-state index in [0.29, 0.717) is 22.4 Å². The Balaban J connectivity index is 1.30. The standard InChI is InChI=1S/C40H52Cl2N4O2/c1-2-3-22-46-38-30-36(47-24-23-45-19-10-6-7-11-20-45)25-31(15-13-21-44-17-8-4-5-9-18-44)39(38)43-40(46)32-14-12-16-35(26-32)48-37-28-33(41)27-34(42)29-37/h12,14,16,25-30H,2-11,13,15,17-24H2,1H3. The highest BCUT2D eigenvalue weighted by atomic mass is 35.5. The molecule has 0 N–H and O–H groups in total. The van der Waals surface area contributed by atoms with Crippen molar-refractivity contribution in [1.82, 2.24) is 19.4 Å². The minimum atomic E-state index is 0.544. The zero-order chi connectivity index (χ0) is 33.1. The van der Waals surface area contributed by atoms with Crippen LogP contribution >= 0.6 is 23.2 Å². The average molecular weight is 692 g/mol. The van der Waals surface area contributed by atoms with E-state index in [1.54, 1.807) is 18.2 Å². The summed E-state index contributed by atoms with van der Waals surface area (Å²) in [6, 6.07) is 18.0. The van der Waals surface area contributed by atoms with Crippen molar-refractivity contribution >= 4 is 34.2 Å². The second kappa shape index (κ2) is 17.8. The Kier molecular flexibility index (Phi) is 13.0. The van der Waals surface area contributed by atoms with Crippen molar-refractivity contribution in [2.75, 3.05) is 45.9 Å². The van der Waals surface area contributed by atoms with Crippen LogP contribution in [0, 0.1) is 0 Å². The Morgan fingerprint density at radius 3 is 2.06 bits per heavy atom. The van der Waals surface area contributed by atoms with Crippen molar-refractivity contribution in [2.45, 2.75) is 90.5 Å². The molecule has 6 rings (SSSR count). The maximum atomic E-state index is 6.56. The molecular weight excluding hydrogens is 639 g/mol. The van der Waals surface area contributed by atoms with Gasteiger partial charge in [0.1, 0.15) is 29.7 Å². The van der Waals surface area contributed by atoms with Crippen LogP contribution in [-0.4, -0.2) is 65.2 Å². The van der Waals surface area contributed by atoms with Gasteiger partial charge in [0, 0.05) is 34.8 Å². The summed E-state index contributed by atoms with van der Waals surface area (Å²) in [5.41, 5.74) is 4.55. The van der Waals surface area contributed by atoms with Gasteiger partial charge in [-0.25, -0.2) is 4.98 Å². The van der Waals surface area contributed by atoms with E-state index in [1.165, 1.54) is 83.1 Å². The quantitative estimate of drug-likeness (QED) is 0.132. The topological polar surface area (TPSA) is 42.8 Å². The Morgan fingerprint density at radius 2 is 1.38 bits per heavy atom. The van der Waals surface area contributed by atoms with Crippen molar-refractivity contribution < 1.29 is 9.47 Å². The minimum absolute atomic E-state index is 0.544. The zero-order valence-corrected chi connectivity index (χ0v) is 30.2. The fourth-order valence-electron chi connectivity index (χ4n) is 7.23. The molecule has 8 heteroatoms. The largest absolute Gasteiger partial charge is 0.492 e. The monoisotopic (exact) mass is 690 g/mol. The molecule has 4 aromatic rings. The Bertz CT molecular complexity index is 1590. The van der Waals surface area contributed by atoms with Crippen LogP contribution in [0.3, 0.4) is 0 Å². The Morgan fingerprint density at radius 1 is 0.688 bits per heavy atom. The maximum absolute atomic E-state index is 6.56. The van der Waals surface area contributed by atoms with Gasteiger partial charge in [-0.2, -0.15) is 0 Å². The maximum Gasteiger partial charge on any atom is 0.141 e. The first kappa shape index (κ1) is 35.1. The molecule has 2 aliphatic rings. The number of likely N-dealkylation sites (tertiary alicyclic amines) is 2. The summed E-state index contributed by atoms with van der Waals surface area (Å²) in [4.78, 5) is 10.6. The van der Waals surface area contributed by atoms with Crippen LogP contribution in [0.15, 0.2) is 54.6 Å². The highest BCUT2D eigenvalue weighted by molar-refractivity contribution is 6.34. The number of hydrogen-bond donors (Lipinski definition) is 0. The van der Waals surface area contributed by atoms with Gasteiger partial charge in [-0.05, 0) is 120 Å². The van der Waals surface area contributed by atoms with Gasteiger partial charge in [0.2, 0.25) is 0 Å². The molecule has 6 nitrogen and oxygen atoms in total. The molecule has 0 radical (unpaired) electrons. The molecule has 2 fully saturated rings. The number of halogens is 2. The number of aromatic nitrogens is 2. The summed E-state index contributed by atoms with van der Waals surface area (Å²) in [5, 5.41) is 1.09. The van der Waals surface area contributed by atoms with Gasteiger partial charge < -0.3 is 18.9 Å². The number of unbranched alkanes of at least 4 members (excludes halogenated alkanes) is 1. The number of imidazole rings is 1. The van der Waals surface area contributed by atoms with Gasteiger partial charge in [-0.1, -0.05) is 74.4 Å². The van der Waals surface area contributed by atoms with E-state index in [1.807, 2.05) is 12.1 Å². The number of hydrogen-bond acceptors (Lipinski definition) is 5. The highest BCUT2D eigenvalue weighted by Gasteiger charge is 2.19. The molecule has 3 aromatic carbocycles. The molecule has 0 atom stereocenters. The second-order valence-corrected chi connectivity index (χ2v) is 14.5. The molecule has 48 heavy (non-hydrogen) atoms. The molecule has 3 heterocycles. The minimum Gasteiger partial charge on any atom is -0.492 e. The van der Waals surface area contributed by atoms with E-state index in [9.17, 15) is 0 Å². The van der Waals surface area contributed by atoms with E-state index in [-0.39, 0.29) is 0 Å². The third-order valence-corrected chi connectivity index (χ3v) is 10.2. The van der Waals surface area contributed by atoms with E-state index in [4.69, 9.17) is 37.7 Å². The fourth-order valence-corrected chi connectivity index (χ4v) is 7.73. The van der Waals surface area contributed by atoms with E-state index in [2.05, 4.69) is 45.6 Å². The van der Waals surface area contributed by atoms with Gasteiger partial charge in [0.25, 0.3) is 0 Å². The molecule has 2 aliphatic heterocycles. The molecule has 0 spiro atoms. The average Bonchev–Trinajstić information content (AvgIpc) is 3.25. The van der Waals surface area contributed by atoms with Gasteiger partial charge >= 0.3 is 0 Å². The van der Waals surface area contributed by atoms with Crippen molar-refractivity contribution in [3.63, 3.8) is 0 Å². The molecule has 0 unspecified atom stereocenters. The second-order valence-electron chi connectivity index (χ2n) is 13.6. The lowest BCUT2D eigenvalue weighted by atomic mass is 10.1. The molecule has 0 bridgehead atoms. The van der Waals surface area contributed by atoms with E-state index in [0.717, 1.165) is 79.2 Å². The van der Waals surface area contributed by atoms with Crippen LogP contribution in [0.4, 0.5) is 0 Å². The number of fused-ring (bicyclic) bond motifs is 1. The Hall–Kier alpha value is -2.77. The summed E-state index contributed by atoms with van der Waals surface area (Å²) < 4.78 is 15.2. The number of rotatable bonds is 14. The van der Waals surface area contributed by atoms with Crippen molar-refractivity contribution in [3.05, 3.63) is 70.2 Å². The van der Waals surface area contributed by atoms with Crippen molar-refractivity contribution in [1.29, 1.82) is 0 Å². The predicted octanol–water partition coefficient (Wildman–Crippen LogP) is 10.7. The van der Waals surface area contributed by atoms with Gasteiger partial charge in [-0.15, -0.1) is 0 Å². The van der Waals surface area contributed by atoms with E-state index < -0.39 is 0 Å². The molecule has 2 saturated heterocycles. The smallest absolute Gasteiger partial charge is 0.141 e. The normalized spacial score (nSPS) is 16.6. The molecule has 0 saturated carbocycles. The van der Waals surface area contributed by atoms with Crippen LogP contribution in [0.25, 0.3) is 22.4 Å². The van der Waals surface area contributed by atoms with Gasteiger partial charge in [-0.3, -0.25) is 4.90 Å². The highest BCUT2D eigenvalue weighted by Crippen LogP contribution is 2.35. The third kappa shape index (κ3) is 9.68. The summed E-state index contributed by atoms with van der Waals surface area (Å²) in [7, 11) is 0. The molecular formula is C40H52Cl2N4O2. The lowest BCUT2D eigenvalue weighted by Crippen LogP contribution is -2.29. The predicted molar refractivity (Wildman–Crippen MR) is 200 cm³/mol. The summed E-state index contributed by atoms with van der Waals surface area (Å²) >= 11 is 12.5. The molecule has 1 aromatic heterocycles. The van der Waals surface area contributed by atoms with E-state index >= 15 is 0 Å². The van der Waals surface area contributed by atoms with Crippen LogP contribution in [0.2, 0.25) is 10.0 Å². The lowest BCUT2D eigenvalue weighted by molar-refractivity contribution is 0.214. The number of ether oxygens (including phenoxy) is 2. The number of nitrogens with zero attached hydrogens (tertiary/aromatic N) is 4. The van der Waals surface area contributed by atoms with Crippen molar-refractivity contribution in [2.24, 2.45) is 0 Å². The number of aryl methyl sites for hydroxylation is 2. The molecule has 0 amide bonds. The summed E-state index contributed by atoms with van der Waals surface area (Å²) in [5.74, 6) is 3.25. The Labute approximate surface area is 297 Å². The number of benzene rings is 3. The zero-order valence-electron chi connectivity index (χ0n) is 28.7. The summed E-state index contributed by atoms with van der Waals surface area (Å²) in [6.07, 6.45) is 14.9. The first-order valence-electron chi connectivity index (χ1n) is 18.4. The van der Waals surface area contributed by atoms with Crippen LogP contribution < -0.4 is 9.47 Å². The van der Waals surface area contributed by atoms with Gasteiger partial charge in [0.05, 0.1) is 11.0 Å². The molecule has 0 aliphatic carbocycles. The third-order valence-electron chi connectivity index (χ3n) is 9.80. The van der Waals surface area contributed by atoms with Gasteiger partial charge in [0.15, 0.2) is 0 Å². The first-order valence-corrected chi connectivity index (χ1v) is 19.2. The lowest BCUT2D eigenvalue weighted by Gasteiger charge is -2.20. The first-order chi connectivity index (χ1) is 23.6. The molecule has 258 valence electrons. The SMILES string of the molecule is CCCCn1c(-c2cccc(Oc3cc(Cl)cc(Cl)c3)c2)nc2c(CCCN3CCCCCC3)cc(OCCN3CCCCCC3)cc21. The van der Waals surface area contributed by atoms with Crippen LogP contribution in [-0.2, 0) is 13.0 Å².